The molecule has 0 aliphatic carbocycles. The van der Waals surface area contributed by atoms with Crippen molar-refractivity contribution in [3.8, 4) is 17.2 Å². The van der Waals surface area contributed by atoms with Crippen molar-refractivity contribution in [2.75, 3.05) is 31.9 Å². The van der Waals surface area contributed by atoms with Crippen molar-refractivity contribution in [2.24, 2.45) is 0 Å². The topological polar surface area (TPSA) is 94.2 Å². The molecule has 30 heavy (non-hydrogen) atoms. The number of nitrogens with zero attached hydrogens (tertiary/aromatic N) is 1. The summed E-state index contributed by atoms with van der Waals surface area (Å²) in [5, 5.41) is 2.78. The van der Waals surface area contributed by atoms with Crippen LogP contribution in [0.15, 0.2) is 36.4 Å². The Bertz CT molecular complexity index is 1010. The van der Waals surface area contributed by atoms with E-state index in [1.54, 1.807) is 37.3 Å². The largest absolute Gasteiger partial charge is 0.493 e. The molecule has 2 rings (SSSR count). The van der Waals surface area contributed by atoms with Crippen molar-refractivity contribution in [1.29, 1.82) is 0 Å². The van der Waals surface area contributed by atoms with E-state index in [0.717, 1.165) is 16.1 Å². The molecule has 2 aromatic rings. The van der Waals surface area contributed by atoms with Crippen molar-refractivity contribution in [2.45, 2.75) is 26.4 Å². The van der Waals surface area contributed by atoms with Crippen LogP contribution in [0.25, 0.3) is 0 Å². The smallest absolute Gasteiger partial charge is 0.243 e. The van der Waals surface area contributed by atoms with Crippen LogP contribution in [0.5, 0.6) is 17.2 Å². The van der Waals surface area contributed by atoms with Gasteiger partial charge in [0.05, 0.1) is 33.3 Å². The van der Waals surface area contributed by atoms with Gasteiger partial charge in [-0.15, -0.1) is 0 Å². The van der Waals surface area contributed by atoms with Gasteiger partial charge in [-0.3, -0.25) is 9.10 Å². The van der Waals surface area contributed by atoms with Crippen LogP contribution in [0.3, 0.4) is 0 Å². The number of benzene rings is 2. The fourth-order valence-electron chi connectivity index (χ4n) is 3.21. The highest BCUT2D eigenvalue weighted by molar-refractivity contribution is 7.92. The maximum absolute atomic E-state index is 12.8. The maximum Gasteiger partial charge on any atom is 0.243 e. The van der Waals surface area contributed by atoms with E-state index in [4.69, 9.17) is 14.2 Å². The first-order valence-corrected chi connectivity index (χ1v) is 11.1. The minimum Gasteiger partial charge on any atom is -0.493 e. The Kier molecular flexibility index (Phi) is 7.55. The molecule has 164 valence electrons. The second-order valence-electron chi connectivity index (χ2n) is 6.79. The number of aryl methyl sites for hydroxylation is 1. The molecule has 0 spiro atoms. The van der Waals surface area contributed by atoms with Gasteiger partial charge in [-0.1, -0.05) is 12.1 Å². The molecule has 8 nitrogen and oxygen atoms in total. The van der Waals surface area contributed by atoms with E-state index >= 15 is 0 Å². The van der Waals surface area contributed by atoms with Gasteiger partial charge in [0.25, 0.3) is 0 Å². The van der Waals surface area contributed by atoms with Gasteiger partial charge in [-0.05, 0) is 43.7 Å². The summed E-state index contributed by atoms with van der Waals surface area (Å²) in [7, 11) is 0.827. The lowest BCUT2D eigenvalue weighted by molar-refractivity contribution is -0.122. The fraction of sp³-hybridized carbons (Fsp3) is 0.381. The SMILES string of the molecule is COc1ccc(CNC(=O)[C@H](C)N(c2cccc(C)c2)S(C)(=O)=O)c(OC)c1OC. The summed E-state index contributed by atoms with van der Waals surface area (Å²) < 4.78 is 42.0. The van der Waals surface area contributed by atoms with Gasteiger partial charge >= 0.3 is 0 Å². The van der Waals surface area contributed by atoms with E-state index in [-0.39, 0.29) is 6.54 Å². The molecule has 1 amide bonds. The van der Waals surface area contributed by atoms with Crippen molar-refractivity contribution >= 4 is 21.6 Å². The molecule has 0 saturated heterocycles. The number of anilines is 1. The minimum atomic E-state index is -3.68. The number of carbonyl (C=O) groups is 1. The summed E-state index contributed by atoms with van der Waals surface area (Å²) in [6.45, 7) is 3.53. The third-order valence-corrected chi connectivity index (χ3v) is 5.83. The van der Waals surface area contributed by atoms with E-state index in [9.17, 15) is 13.2 Å². The number of sulfonamides is 1. The first-order valence-electron chi connectivity index (χ1n) is 9.25. The van der Waals surface area contributed by atoms with Crippen molar-refractivity contribution in [1.82, 2.24) is 5.32 Å². The Hall–Kier alpha value is -2.94. The van der Waals surface area contributed by atoms with Gasteiger partial charge in [0.1, 0.15) is 6.04 Å². The van der Waals surface area contributed by atoms with Gasteiger partial charge in [0.15, 0.2) is 11.5 Å². The van der Waals surface area contributed by atoms with Crippen LogP contribution in [0.2, 0.25) is 0 Å². The molecular formula is C21H28N2O6S. The van der Waals surface area contributed by atoms with Crippen LogP contribution in [-0.4, -0.2) is 48.0 Å². The lowest BCUT2D eigenvalue weighted by Gasteiger charge is -2.28. The summed E-state index contributed by atoms with van der Waals surface area (Å²) in [6, 6.07) is 9.51. The van der Waals surface area contributed by atoms with Gasteiger partial charge < -0.3 is 19.5 Å². The summed E-state index contributed by atoms with van der Waals surface area (Å²) in [6.07, 6.45) is 1.08. The number of methoxy groups -OCH3 is 3. The number of amides is 1. The molecule has 0 aliphatic rings. The van der Waals surface area contributed by atoms with Gasteiger partial charge in [-0.2, -0.15) is 0 Å². The van der Waals surface area contributed by atoms with Crippen LogP contribution >= 0.6 is 0 Å². The average molecular weight is 437 g/mol. The zero-order valence-electron chi connectivity index (χ0n) is 18.1. The van der Waals surface area contributed by atoms with Crippen LogP contribution in [0, 0.1) is 6.92 Å². The standard InChI is InChI=1S/C21H28N2O6S/c1-14-8-7-9-17(12-14)23(30(6,25)26)15(2)21(24)22-13-16-10-11-18(27-3)20(29-5)19(16)28-4/h7-12,15H,13H2,1-6H3,(H,22,24)/t15-/m0/s1. The molecule has 0 saturated carbocycles. The zero-order chi connectivity index (χ0) is 22.5. The molecule has 0 unspecified atom stereocenters. The van der Waals surface area contributed by atoms with Crippen molar-refractivity contribution in [3.63, 3.8) is 0 Å². The first kappa shape index (κ1) is 23.3. The normalized spacial score (nSPS) is 12.1. The van der Waals surface area contributed by atoms with Crippen molar-refractivity contribution < 1.29 is 27.4 Å². The molecule has 2 aromatic carbocycles. The van der Waals surface area contributed by atoms with Gasteiger partial charge in [0, 0.05) is 12.1 Å². The molecule has 0 bridgehead atoms. The van der Waals surface area contributed by atoms with E-state index < -0.39 is 22.0 Å². The van der Waals surface area contributed by atoms with Gasteiger partial charge in [-0.25, -0.2) is 8.42 Å². The summed E-state index contributed by atoms with van der Waals surface area (Å²) in [4.78, 5) is 12.8. The Morgan fingerprint density at radius 1 is 1.07 bits per heavy atom. The van der Waals surface area contributed by atoms with Crippen LogP contribution in [-0.2, 0) is 21.4 Å². The van der Waals surface area contributed by atoms with E-state index in [1.807, 2.05) is 13.0 Å². The Balaban J connectivity index is 2.26. The number of nitrogens with one attached hydrogen (secondary N) is 1. The van der Waals surface area contributed by atoms with Crippen LogP contribution < -0.4 is 23.8 Å². The molecule has 1 N–H and O–H groups in total. The Morgan fingerprint density at radius 2 is 1.73 bits per heavy atom. The van der Waals surface area contributed by atoms with E-state index in [2.05, 4.69) is 5.32 Å². The second-order valence-corrected chi connectivity index (χ2v) is 8.64. The van der Waals surface area contributed by atoms with E-state index in [0.29, 0.717) is 28.5 Å². The molecule has 1 atom stereocenters. The minimum absolute atomic E-state index is 0.123. The highest BCUT2D eigenvalue weighted by Crippen LogP contribution is 2.39. The number of ether oxygens (including phenoxy) is 3. The number of carbonyl (C=O) groups excluding carboxylic acids is 1. The lowest BCUT2D eigenvalue weighted by atomic mass is 10.1. The molecule has 0 aromatic heterocycles. The quantitative estimate of drug-likeness (QED) is 0.649. The van der Waals surface area contributed by atoms with Crippen LogP contribution in [0.1, 0.15) is 18.1 Å². The number of hydrogen-bond acceptors (Lipinski definition) is 6. The third kappa shape index (κ3) is 5.15. The van der Waals surface area contributed by atoms with Crippen molar-refractivity contribution in [3.05, 3.63) is 47.5 Å². The zero-order valence-corrected chi connectivity index (χ0v) is 18.9. The summed E-state index contributed by atoms with van der Waals surface area (Å²) in [5.41, 5.74) is 1.99. The van der Waals surface area contributed by atoms with Crippen LogP contribution in [0.4, 0.5) is 5.69 Å². The molecule has 0 aliphatic heterocycles. The average Bonchev–Trinajstić information content (AvgIpc) is 2.70. The lowest BCUT2D eigenvalue weighted by Crippen LogP contribution is -2.47. The third-order valence-electron chi connectivity index (χ3n) is 4.58. The number of hydrogen-bond donors (Lipinski definition) is 1. The molecule has 9 heteroatoms. The Labute approximate surface area is 177 Å². The maximum atomic E-state index is 12.8. The molecule has 0 radical (unpaired) electrons. The fourth-order valence-corrected chi connectivity index (χ4v) is 4.37. The predicted octanol–water partition coefficient (Wildman–Crippen LogP) is 2.49. The summed E-state index contributed by atoms with van der Waals surface area (Å²) in [5.74, 6) is 0.903. The Morgan fingerprint density at radius 3 is 2.27 bits per heavy atom. The molecule has 0 heterocycles. The predicted molar refractivity (Wildman–Crippen MR) is 116 cm³/mol. The highest BCUT2D eigenvalue weighted by Gasteiger charge is 2.29. The monoisotopic (exact) mass is 436 g/mol. The summed E-state index contributed by atoms with van der Waals surface area (Å²) >= 11 is 0. The van der Waals surface area contributed by atoms with E-state index in [1.165, 1.54) is 21.3 Å². The highest BCUT2D eigenvalue weighted by atomic mass is 32.2. The molecule has 0 fully saturated rings. The molecular weight excluding hydrogens is 408 g/mol. The first-order chi connectivity index (χ1) is 14.1. The number of rotatable bonds is 9. The second kappa shape index (κ2) is 9.71. The van der Waals surface area contributed by atoms with Gasteiger partial charge in [0.2, 0.25) is 21.7 Å².